The third-order valence-corrected chi connectivity index (χ3v) is 3.45. The molecule has 2 N–H and O–H groups in total. The van der Waals surface area contributed by atoms with Crippen LogP contribution < -0.4 is 0 Å². The van der Waals surface area contributed by atoms with Gasteiger partial charge in [0, 0.05) is 17.7 Å². The van der Waals surface area contributed by atoms with Crippen molar-refractivity contribution in [2.24, 2.45) is 0 Å². The minimum atomic E-state index is -0.865. The van der Waals surface area contributed by atoms with Crippen molar-refractivity contribution in [1.82, 2.24) is 4.98 Å². The first-order valence-corrected chi connectivity index (χ1v) is 6.77. The predicted octanol–water partition coefficient (Wildman–Crippen LogP) is 2.54. The quantitative estimate of drug-likeness (QED) is 0.854. The number of nitrogens with zero attached hydrogens (tertiary/aromatic N) is 1. The topological polar surface area (TPSA) is 53.4 Å². The van der Waals surface area contributed by atoms with Crippen molar-refractivity contribution in [1.29, 1.82) is 0 Å². The van der Waals surface area contributed by atoms with Crippen molar-refractivity contribution in [2.75, 3.05) is 5.33 Å². The number of hydrogen-bond donors (Lipinski definition) is 2. The number of pyridine rings is 1. The number of halogens is 1. The van der Waals surface area contributed by atoms with Crippen molar-refractivity contribution >= 4 is 15.9 Å². The first-order chi connectivity index (χ1) is 8.72. The minimum Gasteiger partial charge on any atom is -0.389 e. The molecule has 4 heteroatoms. The smallest absolute Gasteiger partial charge is 0.106 e. The standard InChI is InChI=1S/C14H14BrNO2/c15-9-13(17)14(18)12-3-1-10(2-4-12)11-5-7-16-8-6-11/h1-8,13-14,17-18H,9H2. The summed E-state index contributed by atoms with van der Waals surface area (Å²) in [6.45, 7) is 0. The Balaban J connectivity index is 2.20. The number of aromatic nitrogens is 1. The molecule has 3 nitrogen and oxygen atoms in total. The van der Waals surface area contributed by atoms with Gasteiger partial charge in [-0.3, -0.25) is 4.98 Å². The maximum Gasteiger partial charge on any atom is 0.106 e. The fourth-order valence-corrected chi connectivity index (χ4v) is 2.08. The van der Waals surface area contributed by atoms with Crippen LogP contribution in [0.2, 0.25) is 0 Å². The molecular formula is C14H14BrNO2. The van der Waals surface area contributed by atoms with Gasteiger partial charge in [-0.25, -0.2) is 0 Å². The molecule has 2 rings (SSSR count). The molecule has 0 aliphatic rings. The third-order valence-electron chi connectivity index (χ3n) is 2.79. The average Bonchev–Trinajstić information content (AvgIpc) is 2.47. The summed E-state index contributed by atoms with van der Waals surface area (Å²) in [4.78, 5) is 3.97. The average molecular weight is 308 g/mol. The Hall–Kier alpha value is -1.23. The van der Waals surface area contributed by atoms with E-state index in [1.165, 1.54) is 0 Å². The molecule has 2 aromatic rings. The Kier molecular flexibility index (Phi) is 4.47. The third kappa shape index (κ3) is 2.96. The normalized spacial score (nSPS) is 14.2. The van der Waals surface area contributed by atoms with Gasteiger partial charge < -0.3 is 10.2 Å². The van der Waals surface area contributed by atoms with Crippen LogP contribution in [-0.4, -0.2) is 26.6 Å². The molecule has 0 spiro atoms. The lowest BCUT2D eigenvalue weighted by molar-refractivity contribution is 0.0343. The number of hydrogen-bond acceptors (Lipinski definition) is 3. The van der Waals surface area contributed by atoms with Crippen LogP contribution in [0, 0.1) is 0 Å². The summed E-state index contributed by atoms with van der Waals surface area (Å²) in [7, 11) is 0. The second-order valence-corrected chi connectivity index (χ2v) is 4.67. The van der Waals surface area contributed by atoms with Gasteiger partial charge in [0.1, 0.15) is 6.10 Å². The molecule has 0 saturated heterocycles. The van der Waals surface area contributed by atoms with Gasteiger partial charge in [-0.05, 0) is 28.8 Å². The molecule has 0 amide bonds. The van der Waals surface area contributed by atoms with Crippen LogP contribution in [0.4, 0.5) is 0 Å². The van der Waals surface area contributed by atoms with E-state index in [0.29, 0.717) is 10.9 Å². The molecular weight excluding hydrogens is 294 g/mol. The maximum atomic E-state index is 9.86. The molecule has 1 aromatic carbocycles. The highest BCUT2D eigenvalue weighted by atomic mass is 79.9. The molecule has 0 radical (unpaired) electrons. The molecule has 1 heterocycles. The lowest BCUT2D eigenvalue weighted by Crippen LogP contribution is -2.19. The minimum absolute atomic E-state index is 0.347. The van der Waals surface area contributed by atoms with E-state index in [9.17, 15) is 10.2 Å². The van der Waals surface area contributed by atoms with Gasteiger partial charge in [0.25, 0.3) is 0 Å². The number of benzene rings is 1. The van der Waals surface area contributed by atoms with Crippen LogP contribution in [0.5, 0.6) is 0 Å². The molecule has 0 aliphatic carbocycles. The summed E-state index contributed by atoms with van der Waals surface area (Å²) in [6, 6.07) is 11.4. The zero-order chi connectivity index (χ0) is 13.0. The summed E-state index contributed by atoms with van der Waals surface area (Å²) in [5.41, 5.74) is 2.84. The molecule has 2 unspecified atom stereocenters. The first kappa shape index (κ1) is 13.2. The second kappa shape index (κ2) is 6.09. The van der Waals surface area contributed by atoms with Crippen molar-refractivity contribution < 1.29 is 10.2 Å². The van der Waals surface area contributed by atoms with Gasteiger partial charge in [-0.15, -0.1) is 0 Å². The van der Waals surface area contributed by atoms with Crippen LogP contribution in [0.3, 0.4) is 0 Å². The highest BCUT2D eigenvalue weighted by molar-refractivity contribution is 9.09. The number of rotatable bonds is 4. The zero-order valence-electron chi connectivity index (χ0n) is 9.70. The molecule has 0 fully saturated rings. The van der Waals surface area contributed by atoms with Gasteiger partial charge in [-0.1, -0.05) is 40.2 Å². The SMILES string of the molecule is OC(CBr)C(O)c1ccc(-c2ccncc2)cc1. The predicted molar refractivity (Wildman–Crippen MR) is 74.4 cm³/mol. The fourth-order valence-electron chi connectivity index (χ4n) is 1.72. The van der Waals surface area contributed by atoms with E-state index in [1.54, 1.807) is 12.4 Å². The Morgan fingerprint density at radius 1 is 0.944 bits per heavy atom. The van der Waals surface area contributed by atoms with E-state index in [1.807, 2.05) is 36.4 Å². The van der Waals surface area contributed by atoms with E-state index >= 15 is 0 Å². The largest absolute Gasteiger partial charge is 0.389 e. The molecule has 1 aromatic heterocycles. The zero-order valence-corrected chi connectivity index (χ0v) is 11.3. The van der Waals surface area contributed by atoms with Crippen LogP contribution in [0.1, 0.15) is 11.7 Å². The van der Waals surface area contributed by atoms with Crippen molar-refractivity contribution in [2.45, 2.75) is 12.2 Å². The van der Waals surface area contributed by atoms with Crippen LogP contribution >= 0.6 is 15.9 Å². The van der Waals surface area contributed by atoms with Crippen molar-refractivity contribution in [3.8, 4) is 11.1 Å². The van der Waals surface area contributed by atoms with Gasteiger partial charge in [-0.2, -0.15) is 0 Å². The maximum absolute atomic E-state index is 9.86. The van der Waals surface area contributed by atoms with Gasteiger partial charge in [0.05, 0.1) is 6.10 Å². The van der Waals surface area contributed by atoms with E-state index < -0.39 is 12.2 Å². The molecule has 0 aliphatic heterocycles. The molecule has 0 saturated carbocycles. The van der Waals surface area contributed by atoms with Crippen LogP contribution in [-0.2, 0) is 0 Å². The second-order valence-electron chi connectivity index (χ2n) is 4.02. The first-order valence-electron chi connectivity index (χ1n) is 5.65. The van der Waals surface area contributed by atoms with E-state index in [2.05, 4.69) is 20.9 Å². The lowest BCUT2D eigenvalue weighted by Gasteiger charge is -2.16. The van der Waals surface area contributed by atoms with Gasteiger partial charge in [0.2, 0.25) is 0 Å². The lowest BCUT2D eigenvalue weighted by atomic mass is 10.0. The van der Waals surface area contributed by atoms with E-state index in [4.69, 9.17) is 0 Å². The Morgan fingerprint density at radius 3 is 2.06 bits per heavy atom. The molecule has 94 valence electrons. The van der Waals surface area contributed by atoms with E-state index in [0.717, 1.165) is 11.1 Å². The van der Waals surface area contributed by atoms with Gasteiger partial charge >= 0.3 is 0 Å². The van der Waals surface area contributed by atoms with E-state index in [-0.39, 0.29) is 0 Å². The van der Waals surface area contributed by atoms with Crippen LogP contribution in [0.25, 0.3) is 11.1 Å². The van der Waals surface area contributed by atoms with Crippen molar-refractivity contribution in [3.63, 3.8) is 0 Å². The molecule has 0 bridgehead atoms. The summed E-state index contributed by atoms with van der Waals surface area (Å²) in [5, 5.41) is 19.8. The summed E-state index contributed by atoms with van der Waals surface area (Å²) >= 11 is 3.15. The Bertz CT molecular complexity index is 487. The number of aliphatic hydroxyl groups is 2. The number of aliphatic hydroxyl groups excluding tert-OH is 2. The number of alkyl halides is 1. The van der Waals surface area contributed by atoms with Gasteiger partial charge in [0.15, 0.2) is 0 Å². The summed E-state index contributed by atoms with van der Waals surface area (Å²) < 4.78 is 0. The molecule has 18 heavy (non-hydrogen) atoms. The van der Waals surface area contributed by atoms with Crippen LogP contribution in [0.15, 0.2) is 48.8 Å². The summed E-state index contributed by atoms with van der Waals surface area (Å²) in [6.07, 6.45) is 1.83. The highest BCUT2D eigenvalue weighted by Gasteiger charge is 2.16. The Morgan fingerprint density at radius 2 is 1.50 bits per heavy atom. The fraction of sp³-hybridized carbons (Fsp3) is 0.214. The highest BCUT2D eigenvalue weighted by Crippen LogP contribution is 2.23. The monoisotopic (exact) mass is 307 g/mol. The Labute approximate surface area is 114 Å². The molecule has 2 atom stereocenters. The summed E-state index contributed by atoms with van der Waals surface area (Å²) in [5.74, 6) is 0. The van der Waals surface area contributed by atoms with Crippen molar-refractivity contribution in [3.05, 3.63) is 54.4 Å².